The fourth-order valence-corrected chi connectivity index (χ4v) is 1.69. The van der Waals surface area contributed by atoms with E-state index in [0.29, 0.717) is 0 Å². The van der Waals surface area contributed by atoms with Gasteiger partial charge in [-0.1, -0.05) is 0 Å². The van der Waals surface area contributed by atoms with Gasteiger partial charge in [0.15, 0.2) is 5.84 Å². The number of amidine groups is 1. The first-order valence-corrected chi connectivity index (χ1v) is 4.33. The zero-order chi connectivity index (χ0) is 8.77. The van der Waals surface area contributed by atoms with E-state index >= 15 is 0 Å². The number of hydrogen-bond donors (Lipinski definition) is 1. The fraction of sp³-hybridized carbons (Fsp3) is 0. The molecule has 0 saturated carbocycles. The molecule has 0 aromatic heterocycles. The molecule has 0 spiro atoms. The standard InChI is InChI=1S/C4H3N5O2S/c5-4-8-2-3(7-1-6-2)12(10,11)9-4/h1H,(H2,5,9). The summed E-state index contributed by atoms with van der Waals surface area (Å²) < 4.78 is 25.4. The maximum atomic E-state index is 11.1. The first kappa shape index (κ1) is 7.10. The normalized spacial score (nSPS) is 24.2. The molecule has 2 heterocycles. The number of nitrogens with zero attached hydrogens (tertiary/aromatic N) is 4. The number of guanidine groups is 1. The molecule has 0 radical (unpaired) electrons. The van der Waals surface area contributed by atoms with E-state index in [0.717, 1.165) is 6.34 Å². The van der Waals surface area contributed by atoms with Gasteiger partial charge in [0.2, 0.25) is 11.0 Å². The van der Waals surface area contributed by atoms with Crippen molar-refractivity contribution in [2.24, 2.45) is 25.1 Å². The third-order valence-electron chi connectivity index (χ3n) is 1.22. The zero-order valence-corrected chi connectivity index (χ0v) is 6.48. The molecule has 12 heavy (non-hydrogen) atoms. The van der Waals surface area contributed by atoms with Crippen molar-refractivity contribution in [3.8, 4) is 0 Å². The molecule has 2 aliphatic rings. The highest BCUT2D eigenvalue weighted by molar-refractivity contribution is 8.07. The molecule has 0 amide bonds. The second-order valence-electron chi connectivity index (χ2n) is 2.04. The summed E-state index contributed by atoms with van der Waals surface area (Å²) in [7, 11) is -3.75. The molecule has 0 aromatic carbocycles. The average Bonchev–Trinajstić information content (AvgIpc) is 2.32. The summed E-state index contributed by atoms with van der Waals surface area (Å²) in [5.74, 6) is -0.314. The van der Waals surface area contributed by atoms with Gasteiger partial charge < -0.3 is 5.73 Å². The third kappa shape index (κ3) is 0.848. The van der Waals surface area contributed by atoms with Crippen LogP contribution in [-0.4, -0.2) is 31.6 Å². The van der Waals surface area contributed by atoms with E-state index in [-0.39, 0.29) is 16.8 Å². The van der Waals surface area contributed by atoms with Gasteiger partial charge in [-0.25, -0.2) is 9.98 Å². The number of rotatable bonds is 0. The number of aliphatic imine (C=N–C) groups is 3. The largest absolute Gasteiger partial charge is 0.367 e. The highest BCUT2D eigenvalue weighted by Crippen LogP contribution is 2.09. The predicted octanol–water partition coefficient (Wildman–Crippen LogP) is -1.52. The van der Waals surface area contributed by atoms with Gasteiger partial charge in [0, 0.05) is 0 Å². The Labute approximate surface area is 67.5 Å². The van der Waals surface area contributed by atoms with Crippen LogP contribution in [-0.2, 0) is 10.0 Å². The summed E-state index contributed by atoms with van der Waals surface area (Å²) in [4.78, 5) is 10.6. The molecule has 0 saturated heterocycles. The van der Waals surface area contributed by atoms with Crippen LogP contribution in [0, 0.1) is 0 Å². The maximum absolute atomic E-state index is 11.1. The summed E-state index contributed by atoms with van der Waals surface area (Å²) in [6, 6.07) is 0. The van der Waals surface area contributed by atoms with E-state index < -0.39 is 10.0 Å². The van der Waals surface area contributed by atoms with Crippen LogP contribution in [0.3, 0.4) is 0 Å². The molecule has 2 aliphatic heterocycles. The minimum absolute atomic E-state index is 0.00231. The summed E-state index contributed by atoms with van der Waals surface area (Å²) in [5.41, 5.74) is 5.12. The lowest BCUT2D eigenvalue weighted by molar-refractivity contribution is 0.609. The molecule has 0 bridgehead atoms. The van der Waals surface area contributed by atoms with Crippen molar-refractivity contribution in [2.45, 2.75) is 0 Å². The SMILES string of the molecule is NC1=NS(=O)(=O)C2=NC=NC2=N1. The van der Waals surface area contributed by atoms with Gasteiger partial charge in [0.1, 0.15) is 6.34 Å². The van der Waals surface area contributed by atoms with Crippen LogP contribution in [0.1, 0.15) is 0 Å². The first-order chi connectivity index (χ1) is 5.59. The van der Waals surface area contributed by atoms with E-state index in [2.05, 4.69) is 19.4 Å². The van der Waals surface area contributed by atoms with Gasteiger partial charge in [-0.2, -0.15) is 13.4 Å². The molecule has 62 valence electrons. The molecule has 0 fully saturated rings. The molecule has 8 heteroatoms. The Morgan fingerprint density at radius 1 is 1.42 bits per heavy atom. The minimum Gasteiger partial charge on any atom is -0.367 e. The van der Waals surface area contributed by atoms with E-state index in [9.17, 15) is 8.42 Å². The van der Waals surface area contributed by atoms with Crippen molar-refractivity contribution in [3.63, 3.8) is 0 Å². The first-order valence-electron chi connectivity index (χ1n) is 2.89. The monoisotopic (exact) mass is 185 g/mol. The van der Waals surface area contributed by atoms with Gasteiger partial charge >= 0.3 is 10.0 Å². The van der Waals surface area contributed by atoms with E-state index in [1.165, 1.54) is 0 Å². The third-order valence-corrected chi connectivity index (χ3v) is 2.43. The quantitative estimate of drug-likeness (QED) is 0.495. The average molecular weight is 185 g/mol. The molecule has 7 nitrogen and oxygen atoms in total. The topological polar surface area (TPSA) is 110 Å². The highest BCUT2D eigenvalue weighted by Gasteiger charge is 2.30. The fourth-order valence-electron chi connectivity index (χ4n) is 0.803. The Morgan fingerprint density at radius 2 is 2.17 bits per heavy atom. The van der Waals surface area contributed by atoms with Gasteiger partial charge in [-0.15, -0.1) is 4.40 Å². The Morgan fingerprint density at radius 3 is 2.92 bits per heavy atom. The van der Waals surface area contributed by atoms with Crippen molar-refractivity contribution in [3.05, 3.63) is 0 Å². The lowest BCUT2D eigenvalue weighted by Crippen LogP contribution is -2.28. The van der Waals surface area contributed by atoms with E-state index in [1.54, 1.807) is 0 Å². The Balaban J connectivity index is 2.70. The van der Waals surface area contributed by atoms with Crippen molar-refractivity contribution in [1.29, 1.82) is 0 Å². The number of hydrogen-bond acceptors (Lipinski definition) is 6. The van der Waals surface area contributed by atoms with Crippen LogP contribution in [0.5, 0.6) is 0 Å². The van der Waals surface area contributed by atoms with E-state index in [4.69, 9.17) is 5.73 Å². The van der Waals surface area contributed by atoms with Crippen molar-refractivity contribution in [2.75, 3.05) is 0 Å². The summed E-state index contributed by atoms with van der Waals surface area (Å²) in [6.07, 6.45) is 1.10. The van der Waals surface area contributed by atoms with Crippen LogP contribution < -0.4 is 5.73 Å². The Hall–Kier alpha value is -1.57. The Bertz CT molecular complexity index is 454. The molecule has 2 N–H and O–H groups in total. The van der Waals surface area contributed by atoms with Crippen molar-refractivity contribution in [1.82, 2.24) is 0 Å². The molecular weight excluding hydrogens is 182 g/mol. The summed E-state index contributed by atoms with van der Waals surface area (Å²) >= 11 is 0. The van der Waals surface area contributed by atoms with Crippen LogP contribution in [0.25, 0.3) is 0 Å². The summed E-state index contributed by atoms with van der Waals surface area (Å²) in [6.45, 7) is 0. The van der Waals surface area contributed by atoms with Gasteiger partial charge in [0.05, 0.1) is 0 Å². The van der Waals surface area contributed by atoms with Crippen LogP contribution >= 0.6 is 0 Å². The maximum Gasteiger partial charge on any atom is 0.307 e. The zero-order valence-electron chi connectivity index (χ0n) is 5.67. The van der Waals surface area contributed by atoms with Crippen LogP contribution in [0.2, 0.25) is 0 Å². The van der Waals surface area contributed by atoms with Crippen LogP contribution in [0.4, 0.5) is 0 Å². The van der Waals surface area contributed by atoms with Gasteiger partial charge in [-0.05, 0) is 0 Å². The second-order valence-corrected chi connectivity index (χ2v) is 3.56. The highest BCUT2D eigenvalue weighted by atomic mass is 32.2. The second kappa shape index (κ2) is 1.97. The molecule has 2 rings (SSSR count). The molecule has 0 unspecified atom stereocenters. The van der Waals surface area contributed by atoms with Gasteiger partial charge in [-0.3, -0.25) is 0 Å². The lowest BCUT2D eigenvalue weighted by Gasteiger charge is -2.03. The minimum atomic E-state index is -3.75. The smallest absolute Gasteiger partial charge is 0.307 e. The van der Waals surface area contributed by atoms with Gasteiger partial charge in [0.25, 0.3) is 0 Å². The van der Waals surface area contributed by atoms with Crippen molar-refractivity contribution < 1.29 is 8.42 Å². The number of nitrogens with two attached hydrogens (primary N) is 1. The van der Waals surface area contributed by atoms with Crippen LogP contribution in [0.15, 0.2) is 19.4 Å². The number of sulfonamides is 1. The molecule has 0 aliphatic carbocycles. The lowest BCUT2D eigenvalue weighted by atomic mass is 10.6. The van der Waals surface area contributed by atoms with E-state index in [1.807, 2.05) is 0 Å². The predicted molar refractivity (Wildman–Crippen MR) is 43.9 cm³/mol. The van der Waals surface area contributed by atoms with Crippen molar-refractivity contribution >= 4 is 33.2 Å². The summed E-state index contributed by atoms with van der Waals surface area (Å²) in [5, 5.41) is -0.239. The number of fused-ring (bicyclic) bond motifs is 1. The Kier molecular flexibility index (Phi) is 1.17. The molecule has 0 atom stereocenters. The molecular formula is C4H3N5O2S. The molecule has 0 aromatic rings.